The Labute approximate surface area is 175 Å². The second kappa shape index (κ2) is 8.83. The summed E-state index contributed by atoms with van der Waals surface area (Å²) in [7, 11) is -6.97. The first-order valence-corrected chi connectivity index (χ1v) is 12.9. The molecule has 0 spiro atoms. The van der Waals surface area contributed by atoms with E-state index in [9.17, 15) is 26.0 Å². The molecular formula is C20H23FN2O5S2. The van der Waals surface area contributed by atoms with Crippen molar-refractivity contribution >= 4 is 25.8 Å². The van der Waals surface area contributed by atoms with Crippen molar-refractivity contribution < 1.29 is 26.0 Å². The van der Waals surface area contributed by atoms with Gasteiger partial charge < -0.3 is 4.90 Å². The van der Waals surface area contributed by atoms with E-state index >= 15 is 0 Å². The molecule has 1 fully saturated rings. The summed E-state index contributed by atoms with van der Waals surface area (Å²) in [5.41, 5.74) is 0.951. The molecule has 0 atom stereocenters. The van der Waals surface area contributed by atoms with Gasteiger partial charge in [-0.3, -0.25) is 4.79 Å². The molecule has 0 aromatic heterocycles. The third-order valence-electron chi connectivity index (χ3n) is 4.83. The molecule has 1 N–H and O–H groups in total. The summed E-state index contributed by atoms with van der Waals surface area (Å²) in [6.45, 7) is 0.734. The molecule has 10 heteroatoms. The predicted octanol–water partition coefficient (Wildman–Crippen LogP) is 1.95. The van der Waals surface area contributed by atoms with Gasteiger partial charge in [0.1, 0.15) is 5.82 Å². The molecule has 7 nitrogen and oxygen atoms in total. The Hall–Kier alpha value is -2.30. The van der Waals surface area contributed by atoms with Crippen LogP contribution in [-0.2, 0) is 25.6 Å². The van der Waals surface area contributed by atoms with Crippen LogP contribution < -0.4 is 4.72 Å². The number of sulfonamides is 1. The molecule has 0 saturated carbocycles. The van der Waals surface area contributed by atoms with Gasteiger partial charge in [-0.15, -0.1) is 0 Å². The summed E-state index contributed by atoms with van der Waals surface area (Å²) in [6.07, 6.45) is 2.02. The van der Waals surface area contributed by atoms with E-state index < -0.39 is 25.7 Å². The van der Waals surface area contributed by atoms with Gasteiger partial charge in [-0.2, -0.15) is 0 Å². The molecule has 30 heavy (non-hydrogen) atoms. The molecule has 1 amide bonds. The number of amides is 1. The average Bonchev–Trinajstić information content (AvgIpc) is 2.67. The fourth-order valence-corrected chi connectivity index (χ4v) is 5.47. The number of nitrogens with one attached hydrogen (secondary N) is 1. The Morgan fingerprint density at radius 2 is 1.70 bits per heavy atom. The van der Waals surface area contributed by atoms with Crippen LogP contribution in [0.5, 0.6) is 0 Å². The van der Waals surface area contributed by atoms with E-state index in [1.807, 2.05) is 0 Å². The molecule has 2 aromatic carbocycles. The lowest BCUT2D eigenvalue weighted by Crippen LogP contribution is -2.46. The summed E-state index contributed by atoms with van der Waals surface area (Å²) in [5, 5.41) is 0. The smallest absolute Gasteiger partial charge is 0.253 e. The minimum Gasteiger partial charge on any atom is -0.339 e. The molecule has 1 aliphatic heterocycles. The van der Waals surface area contributed by atoms with Gasteiger partial charge in [0.25, 0.3) is 5.91 Å². The van der Waals surface area contributed by atoms with E-state index in [-0.39, 0.29) is 22.6 Å². The van der Waals surface area contributed by atoms with Gasteiger partial charge >= 0.3 is 0 Å². The number of piperidine rings is 1. The van der Waals surface area contributed by atoms with Gasteiger partial charge in [-0.1, -0.05) is 12.1 Å². The first-order valence-electron chi connectivity index (χ1n) is 9.37. The van der Waals surface area contributed by atoms with Crippen LogP contribution in [0.25, 0.3) is 0 Å². The van der Waals surface area contributed by atoms with Crippen molar-refractivity contribution in [2.45, 2.75) is 29.5 Å². The number of rotatable bonds is 6. The van der Waals surface area contributed by atoms with Gasteiger partial charge in [0.15, 0.2) is 9.84 Å². The fraction of sp³-hybridized carbons (Fsp3) is 0.350. The Morgan fingerprint density at radius 1 is 1.07 bits per heavy atom. The third kappa shape index (κ3) is 5.87. The quantitative estimate of drug-likeness (QED) is 0.719. The molecule has 0 unspecified atom stereocenters. The predicted molar refractivity (Wildman–Crippen MR) is 111 cm³/mol. The first kappa shape index (κ1) is 22.4. The van der Waals surface area contributed by atoms with Crippen LogP contribution in [0.2, 0.25) is 0 Å². The fourth-order valence-electron chi connectivity index (χ4n) is 3.38. The highest BCUT2D eigenvalue weighted by atomic mass is 32.2. The van der Waals surface area contributed by atoms with Crippen molar-refractivity contribution in [1.29, 1.82) is 0 Å². The summed E-state index contributed by atoms with van der Waals surface area (Å²) in [5.74, 6) is -0.868. The standard InChI is InChI=1S/C20H23FN2O5S2/c1-29(25,26)14-15-3-2-4-16(13-15)20(24)23-11-9-18(10-12-23)22-30(27,28)19-7-5-17(21)6-8-19/h2-8,13,18,22H,9-12,14H2,1H3. The highest BCUT2D eigenvalue weighted by Crippen LogP contribution is 2.18. The number of halogens is 1. The minimum atomic E-state index is -3.77. The van der Waals surface area contributed by atoms with Crippen molar-refractivity contribution in [3.63, 3.8) is 0 Å². The van der Waals surface area contributed by atoms with Crippen molar-refractivity contribution in [2.75, 3.05) is 19.3 Å². The lowest BCUT2D eigenvalue weighted by molar-refractivity contribution is 0.0711. The molecule has 0 radical (unpaired) electrons. The highest BCUT2D eigenvalue weighted by molar-refractivity contribution is 7.90. The van der Waals surface area contributed by atoms with E-state index in [0.717, 1.165) is 18.4 Å². The molecule has 1 heterocycles. The minimum absolute atomic E-state index is 0.00917. The largest absolute Gasteiger partial charge is 0.339 e. The second-order valence-corrected chi connectivity index (χ2v) is 11.3. The number of carbonyl (C=O) groups excluding carboxylic acids is 1. The van der Waals surface area contributed by atoms with Crippen LogP contribution >= 0.6 is 0 Å². The monoisotopic (exact) mass is 454 g/mol. The number of benzene rings is 2. The van der Waals surface area contributed by atoms with E-state index in [1.54, 1.807) is 29.2 Å². The van der Waals surface area contributed by atoms with Gasteiger partial charge in [0.2, 0.25) is 10.0 Å². The maximum atomic E-state index is 13.0. The lowest BCUT2D eigenvalue weighted by Gasteiger charge is -2.32. The van der Waals surface area contributed by atoms with E-state index in [2.05, 4.69) is 4.72 Å². The van der Waals surface area contributed by atoms with Crippen LogP contribution in [-0.4, -0.2) is 53.0 Å². The number of carbonyl (C=O) groups is 1. The second-order valence-electron chi connectivity index (χ2n) is 7.41. The Balaban J connectivity index is 1.61. The molecule has 1 saturated heterocycles. The van der Waals surface area contributed by atoms with E-state index in [1.165, 1.54) is 12.1 Å². The first-order chi connectivity index (χ1) is 14.0. The summed E-state index contributed by atoms with van der Waals surface area (Å²) < 4.78 is 63.5. The van der Waals surface area contributed by atoms with Gasteiger partial charge in [0, 0.05) is 31.0 Å². The van der Waals surface area contributed by atoms with Gasteiger partial charge in [-0.25, -0.2) is 25.9 Å². The van der Waals surface area contributed by atoms with Gasteiger partial charge in [-0.05, 0) is 54.8 Å². The lowest BCUT2D eigenvalue weighted by atomic mass is 10.0. The van der Waals surface area contributed by atoms with Crippen molar-refractivity contribution in [3.8, 4) is 0 Å². The molecule has 0 aliphatic carbocycles. The van der Waals surface area contributed by atoms with E-state index in [4.69, 9.17) is 0 Å². The number of hydrogen-bond donors (Lipinski definition) is 1. The Kier molecular flexibility index (Phi) is 6.59. The van der Waals surface area contributed by atoms with Crippen molar-refractivity contribution in [1.82, 2.24) is 9.62 Å². The number of sulfone groups is 1. The van der Waals surface area contributed by atoms with Crippen LogP contribution in [0.4, 0.5) is 4.39 Å². The van der Waals surface area contributed by atoms with Crippen LogP contribution in [0.1, 0.15) is 28.8 Å². The molecular weight excluding hydrogens is 431 g/mol. The normalized spacial score (nSPS) is 15.9. The zero-order valence-electron chi connectivity index (χ0n) is 16.4. The Bertz CT molecular complexity index is 1120. The summed E-state index contributed by atoms with van der Waals surface area (Å²) in [4.78, 5) is 14.4. The summed E-state index contributed by atoms with van der Waals surface area (Å²) >= 11 is 0. The number of hydrogen-bond acceptors (Lipinski definition) is 5. The maximum Gasteiger partial charge on any atom is 0.253 e. The SMILES string of the molecule is CS(=O)(=O)Cc1cccc(C(=O)N2CCC(NS(=O)(=O)c3ccc(F)cc3)CC2)c1. The zero-order valence-corrected chi connectivity index (χ0v) is 18.0. The average molecular weight is 455 g/mol. The third-order valence-corrected chi connectivity index (χ3v) is 7.22. The van der Waals surface area contributed by atoms with Crippen molar-refractivity contribution in [2.24, 2.45) is 0 Å². The Morgan fingerprint density at radius 3 is 2.30 bits per heavy atom. The molecule has 1 aliphatic rings. The van der Waals surface area contributed by atoms with Crippen LogP contribution in [0, 0.1) is 5.82 Å². The summed E-state index contributed by atoms with van der Waals surface area (Å²) in [6, 6.07) is 10.8. The van der Waals surface area contributed by atoms with Gasteiger partial charge in [0.05, 0.1) is 10.6 Å². The van der Waals surface area contributed by atoms with Crippen LogP contribution in [0.15, 0.2) is 53.4 Å². The molecule has 2 aromatic rings. The topological polar surface area (TPSA) is 101 Å². The maximum absolute atomic E-state index is 13.0. The molecule has 162 valence electrons. The number of nitrogens with zero attached hydrogens (tertiary/aromatic N) is 1. The molecule has 3 rings (SSSR count). The number of likely N-dealkylation sites (tertiary alicyclic amines) is 1. The molecule has 0 bridgehead atoms. The zero-order chi connectivity index (χ0) is 21.9. The van der Waals surface area contributed by atoms with Crippen molar-refractivity contribution in [3.05, 3.63) is 65.5 Å². The highest BCUT2D eigenvalue weighted by Gasteiger charge is 2.27. The van der Waals surface area contributed by atoms with Crippen LogP contribution in [0.3, 0.4) is 0 Å². The van der Waals surface area contributed by atoms with E-state index in [0.29, 0.717) is 37.1 Å².